The zero-order chi connectivity index (χ0) is 72.5. The molecule has 12 N–H and O–H groups in total. The summed E-state index contributed by atoms with van der Waals surface area (Å²) >= 11 is 0. The summed E-state index contributed by atoms with van der Waals surface area (Å²) in [7, 11) is 0. The van der Waals surface area contributed by atoms with Crippen molar-refractivity contribution in [2.24, 2.45) is 0 Å². The number of aliphatic hydroxyl groups is 11. The molecule has 1 amide bonds. The SMILES string of the molecule is CCCCCCCCCCCCCCCCCCCCCCCCCCCCCCCC(=O)NC(COC1OC(CO)C(OC2OC(CO)C(OC3OC(CO)C(O)C(O)C3O)C(O)C2O)C(O)C1O)C(O)CCCCCCCCCCCCCCCCCCCCCCCCCCCC. The van der Waals surface area contributed by atoms with Gasteiger partial charge in [-0.15, -0.1) is 0 Å². The second-order valence-corrected chi connectivity index (χ2v) is 30.7. The fourth-order valence-corrected chi connectivity index (χ4v) is 14.9. The summed E-state index contributed by atoms with van der Waals surface area (Å²) in [6, 6.07) is -0.884. The van der Waals surface area contributed by atoms with Crippen molar-refractivity contribution >= 4 is 5.91 Å². The van der Waals surface area contributed by atoms with Crippen LogP contribution in [0.15, 0.2) is 0 Å². The Labute approximate surface area is 608 Å². The molecule has 100 heavy (non-hydrogen) atoms. The Morgan fingerprint density at radius 3 is 0.870 bits per heavy atom. The van der Waals surface area contributed by atoms with Gasteiger partial charge in [0.1, 0.15) is 73.2 Å². The molecule has 0 aliphatic carbocycles. The lowest BCUT2D eigenvalue weighted by atomic mass is 9.96. The highest BCUT2D eigenvalue weighted by molar-refractivity contribution is 5.76. The van der Waals surface area contributed by atoms with Crippen molar-refractivity contribution in [2.45, 2.75) is 484 Å². The number of hydrogen-bond acceptors (Lipinski definition) is 18. The lowest BCUT2D eigenvalue weighted by Gasteiger charge is -2.48. The van der Waals surface area contributed by atoms with E-state index in [2.05, 4.69) is 19.2 Å². The van der Waals surface area contributed by atoms with Gasteiger partial charge in [0.25, 0.3) is 0 Å². The van der Waals surface area contributed by atoms with E-state index in [1.54, 1.807) is 0 Å². The molecule has 594 valence electrons. The second-order valence-electron chi connectivity index (χ2n) is 30.7. The average molecular weight is 1430 g/mol. The van der Waals surface area contributed by atoms with E-state index < -0.39 is 124 Å². The minimum absolute atomic E-state index is 0.232. The molecule has 0 bridgehead atoms. The molecule has 3 rings (SSSR count). The van der Waals surface area contributed by atoms with E-state index in [9.17, 15) is 61.0 Å². The Morgan fingerprint density at radius 2 is 0.570 bits per heavy atom. The van der Waals surface area contributed by atoms with Gasteiger partial charge in [0.15, 0.2) is 18.9 Å². The molecule has 3 aliphatic rings. The molecule has 3 fully saturated rings. The van der Waals surface area contributed by atoms with E-state index in [1.165, 1.54) is 302 Å². The Bertz CT molecular complexity index is 1810. The van der Waals surface area contributed by atoms with Gasteiger partial charge in [0.2, 0.25) is 5.91 Å². The number of rotatable bonds is 69. The van der Waals surface area contributed by atoms with E-state index in [1.807, 2.05) is 0 Å². The molecule has 17 atom stereocenters. The zero-order valence-electron chi connectivity index (χ0n) is 63.7. The largest absolute Gasteiger partial charge is 0.394 e. The Balaban J connectivity index is 1.35. The van der Waals surface area contributed by atoms with E-state index >= 15 is 0 Å². The molecule has 19 nitrogen and oxygen atoms in total. The Morgan fingerprint density at radius 1 is 0.320 bits per heavy atom. The lowest BCUT2D eigenvalue weighted by molar-refractivity contribution is -0.379. The number of carbonyl (C=O) groups is 1. The number of carbonyl (C=O) groups excluding carboxylic acids is 1. The molecule has 0 aromatic heterocycles. The van der Waals surface area contributed by atoms with Gasteiger partial charge >= 0.3 is 0 Å². The number of aliphatic hydroxyl groups excluding tert-OH is 11. The summed E-state index contributed by atoms with van der Waals surface area (Å²) in [6.45, 7) is 1.88. The van der Waals surface area contributed by atoms with Crippen LogP contribution in [0.2, 0.25) is 0 Å². The zero-order valence-corrected chi connectivity index (χ0v) is 63.7. The van der Waals surface area contributed by atoms with Crippen molar-refractivity contribution < 1.29 is 89.4 Å². The maximum absolute atomic E-state index is 13.5. The Kier molecular flexibility index (Phi) is 58.4. The summed E-state index contributed by atoms with van der Waals surface area (Å²) in [4.78, 5) is 13.5. The van der Waals surface area contributed by atoms with E-state index in [4.69, 9.17) is 28.4 Å². The van der Waals surface area contributed by atoms with E-state index in [-0.39, 0.29) is 18.9 Å². The molecule has 0 radical (unpaired) electrons. The van der Waals surface area contributed by atoms with Crippen LogP contribution in [-0.4, -0.2) is 193 Å². The van der Waals surface area contributed by atoms with Crippen LogP contribution in [-0.2, 0) is 33.2 Å². The summed E-state index contributed by atoms with van der Waals surface area (Å²) in [5.41, 5.74) is 0. The summed E-state index contributed by atoms with van der Waals surface area (Å²) in [5, 5.41) is 121. The molecule has 0 aromatic rings. The highest BCUT2D eigenvalue weighted by Crippen LogP contribution is 2.34. The minimum Gasteiger partial charge on any atom is -0.394 e. The third-order valence-electron chi connectivity index (χ3n) is 21.7. The van der Waals surface area contributed by atoms with Crippen molar-refractivity contribution in [1.29, 1.82) is 0 Å². The van der Waals surface area contributed by atoms with Crippen molar-refractivity contribution in [1.82, 2.24) is 5.32 Å². The highest BCUT2D eigenvalue weighted by Gasteiger charge is 2.54. The number of ether oxygens (including phenoxy) is 6. The Hall–Kier alpha value is -1.21. The lowest BCUT2D eigenvalue weighted by Crippen LogP contribution is -2.66. The van der Waals surface area contributed by atoms with Crippen LogP contribution in [0, 0.1) is 0 Å². The molecule has 3 aliphatic heterocycles. The van der Waals surface area contributed by atoms with Gasteiger partial charge in [-0.1, -0.05) is 361 Å². The summed E-state index contributed by atoms with van der Waals surface area (Å²) < 4.78 is 34.6. The average Bonchev–Trinajstić information content (AvgIpc) is 0.783. The van der Waals surface area contributed by atoms with Gasteiger partial charge in [-0.25, -0.2) is 0 Å². The van der Waals surface area contributed by atoms with Crippen LogP contribution in [0.3, 0.4) is 0 Å². The highest BCUT2D eigenvalue weighted by atomic mass is 16.8. The van der Waals surface area contributed by atoms with Gasteiger partial charge in [-0.05, 0) is 12.8 Å². The van der Waals surface area contributed by atoms with Crippen molar-refractivity contribution in [3.05, 3.63) is 0 Å². The maximum atomic E-state index is 13.5. The fraction of sp³-hybridized carbons (Fsp3) is 0.988. The normalized spacial score (nSPS) is 26.4. The molecule has 17 unspecified atom stereocenters. The summed E-state index contributed by atoms with van der Waals surface area (Å²) in [6.07, 6.45) is 46.3. The predicted molar refractivity (Wildman–Crippen MR) is 397 cm³/mol. The summed E-state index contributed by atoms with van der Waals surface area (Å²) in [5.74, 6) is -0.232. The molecular formula is C81H157NO18. The fourth-order valence-electron chi connectivity index (χ4n) is 14.9. The van der Waals surface area contributed by atoms with Crippen LogP contribution in [0.1, 0.15) is 380 Å². The smallest absolute Gasteiger partial charge is 0.220 e. The van der Waals surface area contributed by atoms with Crippen LogP contribution in [0.25, 0.3) is 0 Å². The van der Waals surface area contributed by atoms with Gasteiger partial charge in [-0.3, -0.25) is 4.79 Å². The van der Waals surface area contributed by atoms with Crippen LogP contribution in [0.5, 0.6) is 0 Å². The quantitative estimate of drug-likeness (QED) is 0.0252. The van der Waals surface area contributed by atoms with Crippen molar-refractivity contribution in [3.63, 3.8) is 0 Å². The second kappa shape index (κ2) is 62.8. The maximum Gasteiger partial charge on any atom is 0.220 e. The number of unbranched alkanes of at least 4 members (excludes halogenated alkanes) is 53. The van der Waals surface area contributed by atoms with E-state index in [0.29, 0.717) is 12.8 Å². The first-order valence-electron chi connectivity index (χ1n) is 42.3. The molecule has 0 saturated carbocycles. The standard InChI is InChI=1S/C81H157NO18/c1-3-5-7-9-11-13-15-17-19-21-23-25-27-29-31-32-33-35-37-39-41-43-45-47-49-51-53-55-57-59-69(87)82-64(65(86)58-56-54-52-50-48-46-44-42-40-38-36-34-30-28-26-24-22-20-18-16-14-12-10-8-6-4-2)63-95-79-75(93)72(90)77(67(61-84)97-79)100-81-76(94)73(91)78(68(62-85)98-81)99-80-74(92)71(89)70(88)66(60-83)96-80/h64-68,70-81,83-86,88-94H,3-63H2,1-2H3,(H,82,87). The van der Waals surface area contributed by atoms with Crippen LogP contribution in [0.4, 0.5) is 0 Å². The molecule has 3 heterocycles. The molecule has 0 aromatic carbocycles. The first-order valence-corrected chi connectivity index (χ1v) is 42.3. The molecule has 0 spiro atoms. The van der Waals surface area contributed by atoms with Crippen LogP contribution >= 0.6 is 0 Å². The molecule has 3 saturated heterocycles. The van der Waals surface area contributed by atoms with E-state index in [0.717, 1.165) is 44.9 Å². The topological polar surface area (TPSA) is 307 Å². The number of hydrogen-bond donors (Lipinski definition) is 12. The van der Waals surface area contributed by atoms with Gasteiger partial charge in [0, 0.05) is 6.42 Å². The monoisotopic (exact) mass is 1430 g/mol. The molecule has 19 heteroatoms. The van der Waals surface area contributed by atoms with Gasteiger partial charge < -0.3 is 89.9 Å². The third kappa shape index (κ3) is 42.4. The predicted octanol–water partition coefficient (Wildman–Crippen LogP) is 14.6. The minimum atomic E-state index is -1.97. The van der Waals surface area contributed by atoms with Crippen molar-refractivity contribution in [2.75, 3.05) is 26.4 Å². The third-order valence-corrected chi connectivity index (χ3v) is 21.7. The number of amides is 1. The van der Waals surface area contributed by atoms with Gasteiger partial charge in [0.05, 0.1) is 38.6 Å². The number of nitrogens with one attached hydrogen (secondary N) is 1. The first kappa shape index (κ1) is 93.0. The van der Waals surface area contributed by atoms with Crippen molar-refractivity contribution in [3.8, 4) is 0 Å². The molecular weight excluding hydrogens is 1270 g/mol. The van der Waals surface area contributed by atoms with Gasteiger partial charge in [-0.2, -0.15) is 0 Å². The first-order chi connectivity index (χ1) is 48.8. The van der Waals surface area contributed by atoms with Crippen LogP contribution < -0.4 is 5.32 Å².